The van der Waals surface area contributed by atoms with Crippen molar-refractivity contribution >= 4 is 33.0 Å². The largest absolute Gasteiger partial charge is 0.494 e. The predicted octanol–water partition coefficient (Wildman–Crippen LogP) is 3.90. The van der Waals surface area contributed by atoms with Crippen molar-refractivity contribution in [1.29, 1.82) is 0 Å². The smallest absolute Gasteiger partial charge is 0.267 e. The van der Waals surface area contributed by atoms with Crippen molar-refractivity contribution in [2.75, 3.05) is 19.0 Å². The van der Waals surface area contributed by atoms with Gasteiger partial charge in [0.2, 0.25) is 10.0 Å². The number of ether oxygens (including phenoxy) is 1. The van der Waals surface area contributed by atoms with Crippen molar-refractivity contribution < 1.29 is 22.3 Å². The van der Waals surface area contributed by atoms with Crippen LogP contribution in [0.5, 0.6) is 5.75 Å². The molecule has 1 aliphatic rings. The summed E-state index contributed by atoms with van der Waals surface area (Å²) in [4.78, 5) is 12.9. The van der Waals surface area contributed by atoms with Gasteiger partial charge in [-0.05, 0) is 41.1 Å². The second-order valence-electron chi connectivity index (χ2n) is 6.77. The number of hydrogen-bond acceptors (Lipinski definition) is 5. The molecule has 1 amide bonds. The van der Waals surface area contributed by atoms with E-state index in [2.05, 4.69) is 5.32 Å². The van der Waals surface area contributed by atoms with Crippen LogP contribution in [0.3, 0.4) is 0 Å². The van der Waals surface area contributed by atoms with Crippen molar-refractivity contribution in [3.63, 3.8) is 0 Å². The number of amides is 1. The molecule has 0 atom stereocenters. The Morgan fingerprint density at radius 3 is 2.70 bits per heavy atom. The van der Waals surface area contributed by atoms with E-state index in [4.69, 9.17) is 4.74 Å². The molecule has 0 fully saturated rings. The van der Waals surface area contributed by atoms with Gasteiger partial charge in [-0.25, -0.2) is 12.8 Å². The number of anilines is 1. The average Bonchev–Trinajstić information content (AvgIpc) is 3.25. The van der Waals surface area contributed by atoms with Gasteiger partial charge >= 0.3 is 0 Å². The first-order valence-corrected chi connectivity index (χ1v) is 11.5. The number of carbonyl (C=O) groups is 1. The summed E-state index contributed by atoms with van der Waals surface area (Å²) in [5.74, 6) is -0.947. The van der Waals surface area contributed by atoms with Gasteiger partial charge in [0.25, 0.3) is 5.91 Å². The van der Waals surface area contributed by atoms with Gasteiger partial charge in [-0.2, -0.15) is 4.31 Å². The third-order valence-electron chi connectivity index (χ3n) is 4.96. The molecular formula is C21H19FN2O4S2. The summed E-state index contributed by atoms with van der Waals surface area (Å²) < 4.78 is 46.5. The highest BCUT2D eigenvalue weighted by atomic mass is 32.2. The van der Waals surface area contributed by atoms with E-state index in [1.54, 1.807) is 5.38 Å². The third kappa shape index (κ3) is 3.83. The molecule has 0 radical (unpaired) electrons. The zero-order chi connectivity index (χ0) is 21.3. The number of fused-ring (bicyclic) bond motifs is 1. The first-order valence-electron chi connectivity index (χ1n) is 9.19. The second-order valence-corrected chi connectivity index (χ2v) is 9.59. The summed E-state index contributed by atoms with van der Waals surface area (Å²) >= 11 is 1.04. The monoisotopic (exact) mass is 446 g/mol. The molecule has 1 N–H and O–H groups in total. The fraction of sp³-hybridized carbons (Fsp3) is 0.190. The highest BCUT2D eigenvalue weighted by Gasteiger charge is 2.32. The van der Waals surface area contributed by atoms with Gasteiger partial charge in [0.1, 0.15) is 21.3 Å². The summed E-state index contributed by atoms with van der Waals surface area (Å²) in [6.45, 7) is 0.614. The Balaban J connectivity index is 1.61. The third-order valence-corrected chi connectivity index (χ3v) is 7.89. The van der Waals surface area contributed by atoms with Gasteiger partial charge in [-0.15, -0.1) is 11.3 Å². The highest BCUT2D eigenvalue weighted by Crippen LogP contribution is 2.31. The first kappa shape index (κ1) is 20.5. The Morgan fingerprint density at radius 1 is 1.17 bits per heavy atom. The molecule has 0 saturated heterocycles. The lowest BCUT2D eigenvalue weighted by Crippen LogP contribution is -2.36. The van der Waals surface area contributed by atoms with Crippen molar-refractivity contribution in [2.45, 2.75) is 17.9 Å². The zero-order valence-electron chi connectivity index (χ0n) is 16.1. The lowest BCUT2D eigenvalue weighted by molar-refractivity contribution is 0.102. The maximum atomic E-state index is 13.4. The first-order chi connectivity index (χ1) is 14.4. The van der Waals surface area contributed by atoms with Gasteiger partial charge < -0.3 is 10.1 Å². The molecule has 0 bridgehead atoms. The molecule has 9 heteroatoms. The molecule has 2 heterocycles. The fourth-order valence-electron chi connectivity index (χ4n) is 3.43. The topological polar surface area (TPSA) is 75.7 Å². The van der Waals surface area contributed by atoms with Crippen LogP contribution >= 0.6 is 11.3 Å². The molecule has 0 unspecified atom stereocenters. The number of nitrogens with one attached hydrogen (secondary N) is 1. The number of nitrogens with zero attached hydrogens (tertiary/aromatic N) is 1. The minimum Gasteiger partial charge on any atom is -0.494 e. The van der Waals surface area contributed by atoms with Crippen molar-refractivity contribution in [2.24, 2.45) is 0 Å². The number of methoxy groups -OCH3 is 1. The quantitative estimate of drug-likeness (QED) is 0.645. The van der Waals surface area contributed by atoms with Crippen LogP contribution in [0, 0.1) is 5.82 Å². The number of sulfonamides is 1. The number of hydrogen-bond donors (Lipinski definition) is 1. The molecule has 156 valence electrons. The van der Waals surface area contributed by atoms with Crippen LogP contribution in [-0.4, -0.2) is 32.3 Å². The molecule has 6 nitrogen and oxygen atoms in total. The highest BCUT2D eigenvalue weighted by molar-refractivity contribution is 7.89. The van der Waals surface area contributed by atoms with Gasteiger partial charge in [0.15, 0.2) is 0 Å². The lowest BCUT2D eigenvalue weighted by Gasteiger charge is -2.28. The summed E-state index contributed by atoms with van der Waals surface area (Å²) in [5, 5.41) is 4.19. The summed E-state index contributed by atoms with van der Waals surface area (Å²) in [5.41, 5.74) is 2.35. The van der Waals surface area contributed by atoms with E-state index in [1.165, 1.54) is 29.6 Å². The fourth-order valence-corrected chi connectivity index (χ4v) is 6.14. The lowest BCUT2D eigenvalue weighted by atomic mass is 10.0. The Hall–Kier alpha value is -2.75. The van der Waals surface area contributed by atoms with Gasteiger partial charge in [-0.3, -0.25) is 4.79 Å². The molecule has 2 aromatic carbocycles. The van der Waals surface area contributed by atoms with Crippen LogP contribution in [0.4, 0.5) is 10.1 Å². The van der Waals surface area contributed by atoms with E-state index in [1.807, 2.05) is 24.3 Å². The van der Waals surface area contributed by atoms with E-state index < -0.39 is 21.7 Å². The molecule has 30 heavy (non-hydrogen) atoms. The van der Waals surface area contributed by atoms with Gasteiger partial charge in [0, 0.05) is 19.2 Å². The van der Waals surface area contributed by atoms with Gasteiger partial charge in [-0.1, -0.05) is 24.3 Å². The molecule has 0 spiro atoms. The molecule has 3 aromatic rings. The normalized spacial score (nSPS) is 14.2. The predicted molar refractivity (Wildman–Crippen MR) is 113 cm³/mol. The standard InChI is InChI=1S/C21H19FN2O4S2/c1-28-18-12-16(22)6-7-17(18)23-21(25)20-19(9-11-29-20)30(26,27)24-10-8-14-4-2-3-5-15(14)13-24/h2-7,9,11-12H,8,10,13H2,1H3,(H,23,25). The maximum Gasteiger partial charge on any atom is 0.267 e. The van der Waals surface area contributed by atoms with E-state index in [0.29, 0.717) is 13.0 Å². The van der Waals surface area contributed by atoms with Crippen LogP contribution in [0.25, 0.3) is 0 Å². The van der Waals surface area contributed by atoms with Gasteiger partial charge in [0.05, 0.1) is 12.8 Å². The Labute approximate surface area is 178 Å². The number of benzene rings is 2. The summed E-state index contributed by atoms with van der Waals surface area (Å²) in [6.07, 6.45) is 0.619. The van der Waals surface area contributed by atoms with Crippen LogP contribution in [0.15, 0.2) is 58.8 Å². The second kappa shape index (κ2) is 8.17. The number of carbonyl (C=O) groups excluding carboxylic acids is 1. The van der Waals surface area contributed by atoms with E-state index in [0.717, 1.165) is 28.5 Å². The van der Waals surface area contributed by atoms with E-state index in [-0.39, 0.29) is 27.8 Å². The minimum absolute atomic E-state index is 0.0366. The minimum atomic E-state index is -3.86. The number of thiophene rings is 1. The SMILES string of the molecule is COc1cc(F)ccc1NC(=O)c1sccc1S(=O)(=O)N1CCc2ccccc2C1. The molecular weight excluding hydrogens is 427 g/mol. The zero-order valence-corrected chi connectivity index (χ0v) is 17.7. The Bertz CT molecular complexity index is 1210. The van der Waals surface area contributed by atoms with E-state index in [9.17, 15) is 17.6 Å². The maximum absolute atomic E-state index is 13.4. The molecule has 1 aliphatic heterocycles. The molecule has 0 saturated carbocycles. The van der Waals surface area contributed by atoms with E-state index >= 15 is 0 Å². The van der Waals surface area contributed by atoms with Crippen molar-refractivity contribution in [3.8, 4) is 5.75 Å². The summed E-state index contributed by atoms with van der Waals surface area (Å²) in [6, 6.07) is 12.9. The summed E-state index contributed by atoms with van der Waals surface area (Å²) in [7, 11) is -2.50. The van der Waals surface area contributed by atoms with Crippen LogP contribution in [0.1, 0.15) is 20.8 Å². The Morgan fingerprint density at radius 2 is 1.93 bits per heavy atom. The average molecular weight is 447 g/mol. The molecule has 1 aromatic heterocycles. The number of halogens is 1. The van der Waals surface area contributed by atoms with Crippen LogP contribution < -0.4 is 10.1 Å². The van der Waals surface area contributed by atoms with Crippen LogP contribution in [0.2, 0.25) is 0 Å². The molecule has 0 aliphatic carbocycles. The van der Waals surface area contributed by atoms with Crippen molar-refractivity contribution in [1.82, 2.24) is 4.31 Å². The Kier molecular flexibility index (Phi) is 5.59. The van der Waals surface area contributed by atoms with Crippen LogP contribution in [-0.2, 0) is 23.0 Å². The van der Waals surface area contributed by atoms with Crippen molar-refractivity contribution in [3.05, 3.63) is 75.7 Å². The molecule has 4 rings (SSSR count). The number of rotatable bonds is 5.